The lowest BCUT2D eigenvalue weighted by atomic mass is 10.2. The Labute approximate surface area is 102 Å². The smallest absolute Gasteiger partial charge is 0.332 e. The van der Waals surface area contributed by atoms with Gasteiger partial charge in [-0.05, 0) is 11.8 Å². The van der Waals surface area contributed by atoms with Crippen LogP contribution in [0.3, 0.4) is 0 Å². The van der Waals surface area contributed by atoms with Crippen molar-refractivity contribution in [1.29, 1.82) is 0 Å². The Hall–Kier alpha value is -1.10. The molecule has 0 aromatic carbocycles. The van der Waals surface area contributed by atoms with Crippen molar-refractivity contribution in [3.63, 3.8) is 0 Å². The summed E-state index contributed by atoms with van der Waals surface area (Å²) < 4.78 is 14.6. The molecule has 0 atom stereocenters. The third-order valence-corrected chi connectivity index (χ3v) is 1.60. The molecule has 0 rings (SSSR count). The Bertz CT molecular complexity index is 211. The molecule has 0 unspecified atom stereocenters. The summed E-state index contributed by atoms with van der Waals surface area (Å²) in [5, 5.41) is 0. The summed E-state index contributed by atoms with van der Waals surface area (Å²) in [5.41, 5.74) is 0. The van der Waals surface area contributed by atoms with Gasteiger partial charge in [0.15, 0.2) is 0 Å². The first-order valence-corrected chi connectivity index (χ1v) is 5.80. The van der Waals surface area contributed by atoms with Crippen LogP contribution in [0.25, 0.3) is 0 Å². The molecular weight excluding hydrogens is 224 g/mol. The van der Waals surface area contributed by atoms with E-state index in [2.05, 4.69) is 0 Å². The Balaban J connectivity index is 3.49. The van der Waals surface area contributed by atoms with Gasteiger partial charge in [-0.3, -0.25) is 0 Å². The number of hydrogen-bond acceptors (Lipinski definition) is 5. The fourth-order valence-corrected chi connectivity index (χ4v) is 0.820. The van der Waals surface area contributed by atoms with Crippen molar-refractivity contribution < 1.29 is 23.8 Å². The summed E-state index contributed by atoms with van der Waals surface area (Å²) in [6.07, 6.45) is 0. The minimum absolute atomic E-state index is 0.219. The zero-order chi connectivity index (χ0) is 13.3. The molecule has 0 heterocycles. The summed E-state index contributed by atoms with van der Waals surface area (Å²) in [5.74, 6) is -0.351. The Morgan fingerprint density at radius 2 is 1.18 bits per heavy atom. The summed E-state index contributed by atoms with van der Waals surface area (Å²) >= 11 is 0. The first-order valence-electron chi connectivity index (χ1n) is 5.80. The van der Waals surface area contributed by atoms with Crippen LogP contribution in [0, 0.1) is 11.8 Å². The molecule has 0 saturated carbocycles. The average Bonchev–Trinajstić information content (AvgIpc) is 2.23. The molecule has 0 fully saturated rings. The Morgan fingerprint density at radius 1 is 0.824 bits per heavy atom. The number of carbonyl (C=O) groups is 2. The van der Waals surface area contributed by atoms with Gasteiger partial charge in [-0.1, -0.05) is 27.7 Å². The van der Waals surface area contributed by atoms with Gasteiger partial charge in [0.05, 0.1) is 13.2 Å². The lowest BCUT2D eigenvalue weighted by Crippen LogP contribution is -2.20. The van der Waals surface area contributed by atoms with Crippen LogP contribution in [-0.2, 0) is 23.8 Å². The molecule has 0 aliphatic carbocycles. The lowest BCUT2D eigenvalue weighted by Gasteiger charge is -2.08. The lowest BCUT2D eigenvalue weighted by molar-refractivity contribution is -0.156. The van der Waals surface area contributed by atoms with E-state index in [1.807, 2.05) is 27.7 Å². The molecule has 0 aromatic heterocycles. The van der Waals surface area contributed by atoms with Gasteiger partial charge in [-0.15, -0.1) is 0 Å². The van der Waals surface area contributed by atoms with Crippen LogP contribution in [0.2, 0.25) is 0 Å². The van der Waals surface area contributed by atoms with Crippen LogP contribution in [0.15, 0.2) is 0 Å². The molecule has 0 spiro atoms. The van der Waals surface area contributed by atoms with Crippen molar-refractivity contribution in [2.45, 2.75) is 27.7 Å². The SMILES string of the molecule is CC(C)COC(=O)COCC(=O)OCC(C)C. The van der Waals surface area contributed by atoms with Gasteiger partial charge in [0, 0.05) is 0 Å². The summed E-state index contributed by atoms with van der Waals surface area (Å²) in [7, 11) is 0. The van der Waals surface area contributed by atoms with Crippen molar-refractivity contribution in [2.75, 3.05) is 26.4 Å². The second kappa shape index (κ2) is 8.98. The highest BCUT2D eigenvalue weighted by molar-refractivity contribution is 5.73. The largest absolute Gasteiger partial charge is 0.464 e. The number of esters is 2. The summed E-state index contributed by atoms with van der Waals surface area (Å²) in [6.45, 7) is 8.05. The molecule has 0 aromatic rings. The van der Waals surface area contributed by atoms with E-state index in [9.17, 15) is 9.59 Å². The third kappa shape index (κ3) is 11.2. The van der Waals surface area contributed by atoms with Crippen molar-refractivity contribution in [3.05, 3.63) is 0 Å². The van der Waals surface area contributed by atoms with Crippen LogP contribution >= 0.6 is 0 Å². The van der Waals surface area contributed by atoms with Gasteiger partial charge in [-0.25, -0.2) is 9.59 Å². The Morgan fingerprint density at radius 3 is 1.47 bits per heavy atom. The molecule has 17 heavy (non-hydrogen) atoms. The molecule has 100 valence electrons. The highest BCUT2D eigenvalue weighted by Gasteiger charge is 2.08. The van der Waals surface area contributed by atoms with Crippen LogP contribution < -0.4 is 0 Å². The van der Waals surface area contributed by atoms with Crippen LogP contribution in [0.1, 0.15) is 27.7 Å². The first-order chi connectivity index (χ1) is 7.91. The maximum atomic E-state index is 11.1. The van der Waals surface area contributed by atoms with Gasteiger partial charge in [0.1, 0.15) is 13.2 Å². The van der Waals surface area contributed by atoms with E-state index in [4.69, 9.17) is 14.2 Å². The van der Waals surface area contributed by atoms with E-state index in [0.29, 0.717) is 13.2 Å². The number of carbonyl (C=O) groups excluding carboxylic acids is 2. The molecule has 0 N–H and O–H groups in total. The zero-order valence-electron chi connectivity index (χ0n) is 11.0. The maximum absolute atomic E-state index is 11.1. The predicted molar refractivity (Wildman–Crippen MR) is 62.4 cm³/mol. The molecule has 0 radical (unpaired) electrons. The maximum Gasteiger partial charge on any atom is 0.332 e. The molecule has 0 saturated heterocycles. The number of ether oxygens (including phenoxy) is 3. The minimum Gasteiger partial charge on any atom is -0.464 e. The Kier molecular flexibility index (Phi) is 8.40. The zero-order valence-corrected chi connectivity index (χ0v) is 11.0. The number of hydrogen-bond donors (Lipinski definition) is 0. The fourth-order valence-electron chi connectivity index (χ4n) is 0.820. The van der Waals surface area contributed by atoms with E-state index in [0.717, 1.165) is 0 Å². The van der Waals surface area contributed by atoms with E-state index >= 15 is 0 Å². The topological polar surface area (TPSA) is 61.8 Å². The molecular formula is C12H22O5. The van der Waals surface area contributed by atoms with E-state index in [1.54, 1.807) is 0 Å². The molecule has 0 aliphatic heterocycles. The first kappa shape index (κ1) is 15.9. The van der Waals surface area contributed by atoms with E-state index in [-0.39, 0.29) is 25.0 Å². The highest BCUT2D eigenvalue weighted by atomic mass is 16.6. The average molecular weight is 246 g/mol. The van der Waals surface area contributed by atoms with Gasteiger partial charge in [-0.2, -0.15) is 0 Å². The molecule has 5 nitrogen and oxygen atoms in total. The van der Waals surface area contributed by atoms with Crippen molar-refractivity contribution in [2.24, 2.45) is 11.8 Å². The quantitative estimate of drug-likeness (QED) is 0.606. The monoisotopic (exact) mass is 246 g/mol. The van der Waals surface area contributed by atoms with Gasteiger partial charge in [0.25, 0.3) is 0 Å². The number of rotatable bonds is 8. The summed E-state index contributed by atoms with van der Waals surface area (Å²) in [6, 6.07) is 0. The molecule has 0 bridgehead atoms. The second-order valence-corrected chi connectivity index (χ2v) is 4.65. The van der Waals surface area contributed by atoms with Gasteiger partial charge < -0.3 is 14.2 Å². The van der Waals surface area contributed by atoms with Crippen LogP contribution in [0.5, 0.6) is 0 Å². The normalized spacial score (nSPS) is 10.7. The summed E-state index contributed by atoms with van der Waals surface area (Å²) in [4.78, 5) is 22.2. The van der Waals surface area contributed by atoms with Gasteiger partial charge >= 0.3 is 11.9 Å². The van der Waals surface area contributed by atoms with Crippen molar-refractivity contribution >= 4 is 11.9 Å². The minimum atomic E-state index is -0.463. The molecule has 0 amide bonds. The third-order valence-electron chi connectivity index (χ3n) is 1.60. The second-order valence-electron chi connectivity index (χ2n) is 4.65. The fraction of sp³-hybridized carbons (Fsp3) is 0.833. The van der Waals surface area contributed by atoms with Gasteiger partial charge in [0.2, 0.25) is 0 Å². The van der Waals surface area contributed by atoms with Crippen LogP contribution in [-0.4, -0.2) is 38.4 Å². The van der Waals surface area contributed by atoms with E-state index < -0.39 is 11.9 Å². The van der Waals surface area contributed by atoms with E-state index in [1.165, 1.54) is 0 Å². The van der Waals surface area contributed by atoms with Crippen molar-refractivity contribution in [1.82, 2.24) is 0 Å². The predicted octanol–water partition coefficient (Wildman–Crippen LogP) is 1.40. The van der Waals surface area contributed by atoms with Crippen molar-refractivity contribution in [3.8, 4) is 0 Å². The molecule has 5 heteroatoms. The van der Waals surface area contributed by atoms with Crippen LogP contribution in [0.4, 0.5) is 0 Å². The standard InChI is InChI=1S/C12H22O5/c1-9(2)5-16-11(13)7-15-8-12(14)17-6-10(3)4/h9-10H,5-8H2,1-4H3. The molecule has 0 aliphatic rings. The highest BCUT2D eigenvalue weighted by Crippen LogP contribution is 1.95.